The van der Waals surface area contributed by atoms with Crippen molar-refractivity contribution in [3.63, 3.8) is 0 Å². The van der Waals surface area contributed by atoms with Crippen LogP contribution < -0.4 is 15.0 Å². The number of anilines is 2. The highest BCUT2D eigenvalue weighted by Gasteiger charge is 2.27. The van der Waals surface area contributed by atoms with Crippen molar-refractivity contribution in [3.05, 3.63) is 53.6 Å². The molecule has 32 heavy (non-hydrogen) atoms. The molecule has 1 aliphatic heterocycles. The van der Waals surface area contributed by atoms with Crippen molar-refractivity contribution < 1.29 is 18.0 Å². The predicted octanol–water partition coefficient (Wildman–Crippen LogP) is 3.50. The molecule has 0 aliphatic carbocycles. The monoisotopic (exact) mass is 456 g/mol. The van der Waals surface area contributed by atoms with Crippen LogP contribution in [-0.2, 0) is 19.6 Å². The van der Waals surface area contributed by atoms with Crippen LogP contribution in [0.25, 0.3) is 0 Å². The number of aryl methyl sites for hydroxylation is 2. The van der Waals surface area contributed by atoms with Crippen molar-refractivity contribution in [2.24, 2.45) is 5.10 Å². The number of benzene rings is 2. The van der Waals surface area contributed by atoms with Crippen molar-refractivity contribution in [2.45, 2.75) is 51.3 Å². The molecule has 2 N–H and O–H groups in total. The van der Waals surface area contributed by atoms with E-state index in [1.165, 1.54) is 17.1 Å². The highest BCUT2D eigenvalue weighted by Crippen LogP contribution is 2.26. The van der Waals surface area contributed by atoms with Crippen LogP contribution in [0.2, 0.25) is 0 Å². The number of sulfonamides is 1. The summed E-state index contributed by atoms with van der Waals surface area (Å²) in [5.41, 5.74) is 3.05. The zero-order valence-electron chi connectivity index (χ0n) is 18.5. The van der Waals surface area contributed by atoms with E-state index in [1.807, 2.05) is 39.0 Å². The zero-order valence-corrected chi connectivity index (χ0v) is 19.3. The maximum absolute atomic E-state index is 12.8. The van der Waals surface area contributed by atoms with Gasteiger partial charge in [-0.25, -0.2) is 18.1 Å². The summed E-state index contributed by atoms with van der Waals surface area (Å²) in [7, 11) is -3.66. The fourth-order valence-corrected chi connectivity index (χ4v) is 4.38. The molecule has 2 amide bonds. The number of amides is 2. The smallest absolute Gasteiger partial charge is 0.271 e. The van der Waals surface area contributed by atoms with Gasteiger partial charge in [-0.1, -0.05) is 31.5 Å². The Balaban J connectivity index is 1.80. The van der Waals surface area contributed by atoms with Crippen LogP contribution in [0.1, 0.15) is 43.7 Å². The van der Waals surface area contributed by atoms with Crippen molar-refractivity contribution in [1.29, 1.82) is 0 Å². The first-order valence-electron chi connectivity index (χ1n) is 10.6. The lowest BCUT2D eigenvalue weighted by molar-refractivity contribution is -0.118. The molecule has 170 valence electrons. The highest BCUT2D eigenvalue weighted by atomic mass is 32.2. The minimum Gasteiger partial charge on any atom is -0.321 e. The largest absolute Gasteiger partial charge is 0.321 e. The number of carbonyl (C=O) groups is 2. The van der Waals surface area contributed by atoms with E-state index < -0.39 is 15.9 Å². The summed E-state index contributed by atoms with van der Waals surface area (Å²) in [6.07, 6.45) is 1.99. The van der Waals surface area contributed by atoms with Crippen molar-refractivity contribution in [1.82, 2.24) is 4.72 Å². The SMILES string of the molecule is CCCCNS(=O)(=O)c1cccc(NC(=O)C2=NN(c3cc(C)ccc3C)C(=O)CC2)c1. The molecule has 1 aliphatic rings. The zero-order chi connectivity index (χ0) is 23.3. The molecule has 0 saturated heterocycles. The Bertz CT molecular complexity index is 1160. The molecule has 0 bridgehead atoms. The number of nitrogens with one attached hydrogen (secondary N) is 2. The van der Waals surface area contributed by atoms with Gasteiger partial charge in [-0.3, -0.25) is 9.59 Å². The molecule has 0 fully saturated rings. The molecule has 0 radical (unpaired) electrons. The Hall–Kier alpha value is -3.04. The van der Waals surface area contributed by atoms with Crippen LogP contribution in [-0.4, -0.2) is 32.5 Å². The summed E-state index contributed by atoms with van der Waals surface area (Å²) in [4.78, 5) is 25.4. The van der Waals surface area contributed by atoms with Gasteiger partial charge >= 0.3 is 0 Å². The first-order valence-corrected chi connectivity index (χ1v) is 12.1. The molecule has 1 heterocycles. The lowest BCUT2D eigenvalue weighted by atomic mass is 10.1. The van der Waals surface area contributed by atoms with Gasteiger partial charge in [0.05, 0.1) is 10.6 Å². The molecular formula is C23H28N4O4S. The lowest BCUT2D eigenvalue weighted by Crippen LogP contribution is -2.36. The minimum atomic E-state index is -3.66. The average molecular weight is 457 g/mol. The summed E-state index contributed by atoms with van der Waals surface area (Å²) in [5, 5.41) is 8.29. The molecule has 0 aromatic heterocycles. The van der Waals surface area contributed by atoms with Crippen LogP contribution >= 0.6 is 0 Å². The molecular weight excluding hydrogens is 428 g/mol. The van der Waals surface area contributed by atoms with E-state index in [0.717, 1.165) is 24.0 Å². The minimum absolute atomic E-state index is 0.0733. The second kappa shape index (κ2) is 10.1. The third kappa shape index (κ3) is 5.60. The van der Waals surface area contributed by atoms with Gasteiger partial charge in [0.2, 0.25) is 15.9 Å². The van der Waals surface area contributed by atoms with Crippen molar-refractivity contribution >= 4 is 38.9 Å². The van der Waals surface area contributed by atoms with Crippen molar-refractivity contribution in [3.8, 4) is 0 Å². The first-order chi connectivity index (χ1) is 15.2. The predicted molar refractivity (Wildman–Crippen MR) is 125 cm³/mol. The summed E-state index contributed by atoms with van der Waals surface area (Å²) in [5.74, 6) is -0.650. The topological polar surface area (TPSA) is 108 Å². The van der Waals surface area contributed by atoms with Gasteiger partial charge in [-0.05, 0) is 55.7 Å². The molecule has 0 atom stereocenters. The Labute approximate surface area is 188 Å². The third-order valence-corrected chi connectivity index (χ3v) is 6.57. The fraction of sp³-hybridized carbons (Fsp3) is 0.348. The highest BCUT2D eigenvalue weighted by molar-refractivity contribution is 7.89. The van der Waals surface area contributed by atoms with Gasteiger partial charge in [-0.2, -0.15) is 5.10 Å². The fourth-order valence-electron chi connectivity index (χ4n) is 3.26. The maximum Gasteiger partial charge on any atom is 0.271 e. The molecule has 0 unspecified atom stereocenters. The van der Waals surface area contributed by atoms with Gasteiger partial charge in [-0.15, -0.1) is 0 Å². The summed E-state index contributed by atoms with van der Waals surface area (Å²) < 4.78 is 27.5. The Morgan fingerprint density at radius 3 is 2.66 bits per heavy atom. The summed E-state index contributed by atoms with van der Waals surface area (Å²) in [6, 6.07) is 11.8. The molecule has 3 rings (SSSR count). The Morgan fingerprint density at radius 2 is 1.91 bits per heavy atom. The summed E-state index contributed by atoms with van der Waals surface area (Å²) >= 11 is 0. The van der Waals surface area contributed by atoms with Crippen LogP contribution in [0, 0.1) is 13.8 Å². The van der Waals surface area contributed by atoms with Gasteiger partial charge in [0, 0.05) is 25.1 Å². The summed E-state index contributed by atoms with van der Waals surface area (Å²) in [6.45, 7) is 6.14. The van der Waals surface area contributed by atoms with E-state index in [1.54, 1.807) is 12.1 Å². The first kappa shape index (κ1) is 23.6. The van der Waals surface area contributed by atoms with Crippen molar-refractivity contribution in [2.75, 3.05) is 16.9 Å². The van der Waals surface area contributed by atoms with Gasteiger partial charge < -0.3 is 5.32 Å². The number of rotatable bonds is 8. The van der Waals surface area contributed by atoms with Gasteiger partial charge in [0.25, 0.3) is 5.91 Å². The van der Waals surface area contributed by atoms with E-state index in [4.69, 9.17) is 0 Å². The van der Waals surface area contributed by atoms with Gasteiger partial charge in [0.1, 0.15) is 5.71 Å². The molecule has 0 saturated carbocycles. The standard InChI is InChI=1S/C23H28N4O4S/c1-4-5-13-24-32(30,31)19-8-6-7-18(15-19)25-23(29)20-11-12-22(28)27(26-20)21-14-16(2)9-10-17(21)3/h6-10,14-15,24H,4-5,11-13H2,1-3H3,(H,25,29). The Morgan fingerprint density at radius 1 is 1.12 bits per heavy atom. The van der Waals surface area contributed by atoms with E-state index >= 15 is 0 Å². The van der Waals surface area contributed by atoms with E-state index in [0.29, 0.717) is 17.9 Å². The third-order valence-electron chi connectivity index (χ3n) is 5.11. The average Bonchev–Trinajstić information content (AvgIpc) is 2.76. The van der Waals surface area contributed by atoms with Crippen LogP contribution in [0.4, 0.5) is 11.4 Å². The number of nitrogens with zero attached hydrogens (tertiary/aromatic N) is 2. The quantitative estimate of drug-likeness (QED) is 0.593. The number of unbranched alkanes of at least 4 members (excludes halogenated alkanes) is 1. The second-order valence-corrected chi connectivity index (χ2v) is 9.54. The van der Waals surface area contributed by atoms with E-state index in [9.17, 15) is 18.0 Å². The van der Waals surface area contributed by atoms with Crippen LogP contribution in [0.15, 0.2) is 52.5 Å². The van der Waals surface area contributed by atoms with E-state index in [-0.39, 0.29) is 29.4 Å². The molecule has 0 spiro atoms. The number of hydrogen-bond acceptors (Lipinski definition) is 5. The number of hydrogen-bond donors (Lipinski definition) is 2. The van der Waals surface area contributed by atoms with Gasteiger partial charge in [0.15, 0.2) is 0 Å². The maximum atomic E-state index is 12.8. The van der Waals surface area contributed by atoms with Crippen LogP contribution in [0.5, 0.6) is 0 Å². The number of hydrazone groups is 1. The molecule has 8 nitrogen and oxygen atoms in total. The van der Waals surface area contributed by atoms with E-state index in [2.05, 4.69) is 15.1 Å². The number of carbonyl (C=O) groups excluding carboxylic acids is 2. The molecule has 2 aromatic carbocycles. The van der Waals surface area contributed by atoms with Crippen LogP contribution in [0.3, 0.4) is 0 Å². The lowest BCUT2D eigenvalue weighted by Gasteiger charge is -2.24. The second-order valence-electron chi connectivity index (χ2n) is 7.78. The molecule has 9 heteroatoms. The normalized spacial score (nSPS) is 14.3. The Kier molecular flexibility index (Phi) is 7.42. The molecule has 2 aromatic rings.